The summed E-state index contributed by atoms with van der Waals surface area (Å²) in [4.78, 5) is 42.1. The van der Waals surface area contributed by atoms with E-state index in [0.717, 1.165) is 25.7 Å². The standard InChI is InChI=1S/C18H25N5O4/c1-11-15(27-10-20-11)16(25)22-13-8-12(18(13)4-2-5-18)21-14(24)9-23-7-3-6-19-17(23)26/h10,12-13H,2-9H2,1H3,(H,19,26)(H,21,24)(H,22,25). The zero-order valence-electron chi connectivity index (χ0n) is 15.4. The number of carbonyl (C=O) groups excluding carboxylic acids is 3. The molecule has 2 unspecified atom stereocenters. The minimum atomic E-state index is -0.254. The zero-order chi connectivity index (χ0) is 19.0. The normalized spacial score (nSPS) is 26.0. The Bertz CT molecular complexity index is 757. The van der Waals surface area contributed by atoms with Gasteiger partial charge in [0.15, 0.2) is 6.39 Å². The highest BCUT2D eigenvalue weighted by Gasteiger charge is 2.59. The molecule has 1 aliphatic heterocycles. The summed E-state index contributed by atoms with van der Waals surface area (Å²) >= 11 is 0. The van der Waals surface area contributed by atoms with Gasteiger partial charge in [0.25, 0.3) is 5.91 Å². The van der Waals surface area contributed by atoms with Gasteiger partial charge < -0.3 is 25.3 Å². The Kier molecular flexibility index (Phi) is 4.53. The van der Waals surface area contributed by atoms with Gasteiger partial charge in [0.05, 0.1) is 5.69 Å². The molecule has 2 aliphatic carbocycles. The fraction of sp³-hybridized carbons (Fsp3) is 0.667. The molecule has 1 spiro atoms. The van der Waals surface area contributed by atoms with E-state index in [-0.39, 0.29) is 47.6 Å². The Morgan fingerprint density at radius 3 is 2.74 bits per heavy atom. The molecule has 0 radical (unpaired) electrons. The maximum atomic E-state index is 12.4. The molecule has 27 heavy (non-hydrogen) atoms. The molecule has 2 heterocycles. The van der Waals surface area contributed by atoms with Gasteiger partial charge >= 0.3 is 6.03 Å². The number of urea groups is 1. The molecule has 9 nitrogen and oxygen atoms in total. The van der Waals surface area contributed by atoms with Crippen LogP contribution in [0.2, 0.25) is 0 Å². The predicted molar refractivity (Wildman–Crippen MR) is 94.9 cm³/mol. The van der Waals surface area contributed by atoms with Gasteiger partial charge in [-0.15, -0.1) is 0 Å². The Morgan fingerprint density at radius 1 is 1.33 bits per heavy atom. The number of hydrogen-bond donors (Lipinski definition) is 3. The first-order valence-electron chi connectivity index (χ1n) is 9.53. The molecule has 2 saturated carbocycles. The number of amides is 4. The fourth-order valence-electron chi connectivity index (χ4n) is 4.46. The average Bonchev–Trinajstić information content (AvgIpc) is 3.00. The van der Waals surface area contributed by atoms with Crippen LogP contribution in [-0.4, -0.2) is 59.4 Å². The predicted octanol–water partition coefficient (Wildman–Crippen LogP) is 0.556. The molecule has 3 N–H and O–H groups in total. The molecule has 1 aromatic heterocycles. The van der Waals surface area contributed by atoms with Gasteiger partial charge in [-0.2, -0.15) is 0 Å². The van der Waals surface area contributed by atoms with Crippen molar-refractivity contribution < 1.29 is 18.8 Å². The van der Waals surface area contributed by atoms with Crippen LogP contribution in [-0.2, 0) is 4.79 Å². The van der Waals surface area contributed by atoms with Crippen LogP contribution in [0.15, 0.2) is 10.8 Å². The van der Waals surface area contributed by atoms with Gasteiger partial charge in [0.2, 0.25) is 11.7 Å². The van der Waals surface area contributed by atoms with Crippen LogP contribution in [0.4, 0.5) is 4.79 Å². The Balaban J connectivity index is 1.33. The third-order valence-corrected chi connectivity index (χ3v) is 6.24. The number of aryl methyl sites for hydroxylation is 1. The molecule has 4 rings (SSSR count). The first-order chi connectivity index (χ1) is 13.0. The van der Waals surface area contributed by atoms with Crippen molar-refractivity contribution in [2.24, 2.45) is 5.41 Å². The Hall–Kier alpha value is -2.58. The molecule has 3 fully saturated rings. The maximum Gasteiger partial charge on any atom is 0.317 e. The van der Waals surface area contributed by atoms with Gasteiger partial charge in [-0.1, -0.05) is 6.42 Å². The van der Waals surface area contributed by atoms with E-state index in [1.807, 2.05) is 0 Å². The lowest BCUT2D eigenvalue weighted by Gasteiger charge is -2.61. The topological polar surface area (TPSA) is 117 Å². The first kappa shape index (κ1) is 17.8. The molecule has 0 bridgehead atoms. The zero-order valence-corrected chi connectivity index (χ0v) is 15.4. The minimum absolute atomic E-state index is 0.0202. The van der Waals surface area contributed by atoms with Gasteiger partial charge in [-0.05, 0) is 32.6 Å². The van der Waals surface area contributed by atoms with Gasteiger partial charge in [-0.25, -0.2) is 9.78 Å². The number of hydrogen-bond acceptors (Lipinski definition) is 5. The van der Waals surface area contributed by atoms with E-state index in [9.17, 15) is 14.4 Å². The highest BCUT2D eigenvalue weighted by molar-refractivity contribution is 5.92. The smallest absolute Gasteiger partial charge is 0.317 e. The fourth-order valence-corrected chi connectivity index (χ4v) is 4.46. The summed E-state index contributed by atoms with van der Waals surface area (Å²) in [5, 5.41) is 8.87. The number of oxazole rings is 1. The number of nitrogens with one attached hydrogen (secondary N) is 3. The van der Waals surface area contributed by atoms with Gasteiger partial charge in [-0.3, -0.25) is 9.59 Å². The number of rotatable bonds is 5. The van der Waals surface area contributed by atoms with E-state index in [0.29, 0.717) is 25.2 Å². The van der Waals surface area contributed by atoms with E-state index >= 15 is 0 Å². The SMILES string of the molecule is Cc1ncoc1C(=O)NC1CC(NC(=O)CN2CCCNC2=O)C12CCC2. The van der Waals surface area contributed by atoms with Crippen molar-refractivity contribution in [2.75, 3.05) is 19.6 Å². The van der Waals surface area contributed by atoms with Gasteiger partial charge in [0, 0.05) is 30.6 Å². The third-order valence-electron chi connectivity index (χ3n) is 6.24. The molecule has 9 heteroatoms. The molecular formula is C18H25N5O4. The largest absolute Gasteiger partial charge is 0.438 e. The summed E-state index contributed by atoms with van der Waals surface area (Å²) < 4.78 is 5.17. The monoisotopic (exact) mass is 375 g/mol. The van der Waals surface area contributed by atoms with E-state index in [2.05, 4.69) is 20.9 Å². The minimum Gasteiger partial charge on any atom is -0.438 e. The maximum absolute atomic E-state index is 12.4. The lowest BCUT2D eigenvalue weighted by Crippen LogP contribution is -2.72. The van der Waals surface area contributed by atoms with Crippen LogP contribution >= 0.6 is 0 Å². The van der Waals surface area contributed by atoms with Crippen LogP contribution in [0.25, 0.3) is 0 Å². The second kappa shape index (κ2) is 6.86. The van der Waals surface area contributed by atoms with Crippen LogP contribution in [0.5, 0.6) is 0 Å². The number of carbonyl (C=O) groups is 3. The average molecular weight is 375 g/mol. The van der Waals surface area contributed by atoms with E-state index in [1.165, 1.54) is 11.3 Å². The van der Waals surface area contributed by atoms with Crippen LogP contribution < -0.4 is 16.0 Å². The quantitative estimate of drug-likeness (QED) is 0.695. The lowest BCUT2D eigenvalue weighted by atomic mass is 9.49. The molecule has 4 amide bonds. The second-order valence-corrected chi connectivity index (χ2v) is 7.74. The summed E-state index contributed by atoms with van der Waals surface area (Å²) in [5.74, 6) is -0.150. The van der Waals surface area contributed by atoms with Crippen LogP contribution in [0.3, 0.4) is 0 Å². The number of nitrogens with zero attached hydrogens (tertiary/aromatic N) is 2. The van der Waals surface area contributed by atoms with E-state index < -0.39 is 0 Å². The van der Waals surface area contributed by atoms with Crippen molar-refractivity contribution in [2.45, 2.75) is 51.1 Å². The molecule has 2 atom stereocenters. The van der Waals surface area contributed by atoms with E-state index in [1.54, 1.807) is 6.92 Å². The number of aromatic nitrogens is 1. The lowest BCUT2D eigenvalue weighted by molar-refractivity contribution is -0.129. The summed E-state index contributed by atoms with van der Waals surface area (Å²) in [6.07, 6.45) is 5.85. The molecule has 1 aromatic rings. The van der Waals surface area contributed by atoms with Crippen molar-refractivity contribution in [3.8, 4) is 0 Å². The molecular weight excluding hydrogens is 350 g/mol. The molecule has 1 saturated heterocycles. The van der Waals surface area contributed by atoms with Gasteiger partial charge in [0.1, 0.15) is 6.54 Å². The first-order valence-corrected chi connectivity index (χ1v) is 9.53. The highest BCUT2D eigenvalue weighted by atomic mass is 16.3. The van der Waals surface area contributed by atoms with Crippen molar-refractivity contribution >= 4 is 17.8 Å². The second-order valence-electron chi connectivity index (χ2n) is 7.74. The summed E-state index contributed by atoms with van der Waals surface area (Å²) in [6.45, 7) is 3.07. The van der Waals surface area contributed by atoms with Crippen molar-refractivity contribution in [1.29, 1.82) is 0 Å². The summed E-state index contributed by atoms with van der Waals surface area (Å²) in [7, 11) is 0. The summed E-state index contributed by atoms with van der Waals surface area (Å²) in [6, 6.07) is -0.129. The van der Waals surface area contributed by atoms with Crippen molar-refractivity contribution in [3.63, 3.8) is 0 Å². The van der Waals surface area contributed by atoms with Crippen LogP contribution in [0, 0.1) is 12.3 Å². The Labute approximate surface area is 157 Å². The highest BCUT2D eigenvalue weighted by Crippen LogP contribution is 2.56. The molecule has 0 aromatic carbocycles. The van der Waals surface area contributed by atoms with Crippen molar-refractivity contribution in [1.82, 2.24) is 25.8 Å². The Morgan fingerprint density at radius 2 is 2.11 bits per heavy atom. The van der Waals surface area contributed by atoms with Crippen LogP contribution in [0.1, 0.15) is 48.4 Å². The molecule has 3 aliphatic rings. The van der Waals surface area contributed by atoms with Crippen molar-refractivity contribution in [3.05, 3.63) is 17.8 Å². The van der Waals surface area contributed by atoms with E-state index in [4.69, 9.17) is 4.42 Å². The molecule has 146 valence electrons. The third kappa shape index (κ3) is 3.15. The summed E-state index contributed by atoms with van der Waals surface area (Å²) in [5.41, 5.74) is 0.489.